The first-order valence-electron chi connectivity index (χ1n) is 6.18. The van der Waals surface area contributed by atoms with Crippen molar-refractivity contribution in [2.75, 3.05) is 23.4 Å². The smallest absolute Gasteiger partial charge is 0.255 e. The SMILES string of the molecule is CCSC(SCC)=C(CO)C(=O)Nc1ccccc1. The molecule has 0 atom stereocenters. The average molecular weight is 297 g/mol. The van der Waals surface area contributed by atoms with Gasteiger partial charge in [-0.25, -0.2) is 0 Å². The van der Waals surface area contributed by atoms with Gasteiger partial charge in [0, 0.05) is 5.69 Å². The van der Waals surface area contributed by atoms with Gasteiger partial charge in [-0.1, -0.05) is 32.0 Å². The van der Waals surface area contributed by atoms with Gasteiger partial charge < -0.3 is 10.4 Å². The van der Waals surface area contributed by atoms with Gasteiger partial charge in [-0.05, 0) is 23.6 Å². The van der Waals surface area contributed by atoms with Crippen LogP contribution in [0.15, 0.2) is 40.1 Å². The monoisotopic (exact) mass is 297 g/mol. The van der Waals surface area contributed by atoms with E-state index in [9.17, 15) is 9.90 Å². The van der Waals surface area contributed by atoms with Gasteiger partial charge in [0.05, 0.1) is 16.4 Å². The maximum atomic E-state index is 12.2. The largest absolute Gasteiger partial charge is 0.391 e. The second-order valence-corrected chi connectivity index (χ2v) is 6.42. The van der Waals surface area contributed by atoms with Crippen LogP contribution in [-0.2, 0) is 4.79 Å². The summed E-state index contributed by atoms with van der Waals surface area (Å²) in [5.74, 6) is 1.53. The zero-order chi connectivity index (χ0) is 14.1. The van der Waals surface area contributed by atoms with Gasteiger partial charge in [-0.3, -0.25) is 4.79 Å². The van der Waals surface area contributed by atoms with E-state index in [0.717, 1.165) is 21.4 Å². The minimum atomic E-state index is -0.242. The molecule has 0 aliphatic carbocycles. The third-order valence-electron chi connectivity index (χ3n) is 2.26. The molecule has 0 saturated heterocycles. The van der Waals surface area contributed by atoms with Gasteiger partial charge in [-0.15, -0.1) is 23.5 Å². The Hall–Kier alpha value is -0.910. The molecule has 1 rings (SSSR count). The molecule has 0 fully saturated rings. The molecule has 0 aliphatic rings. The van der Waals surface area contributed by atoms with Gasteiger partial charge in [0.1, 0.15) is 0 Å². The number of benzene rings is 1. The Morgan fingerprint density at radius 3 is 2.21 bits per heavy atom. The van der Waals surface area contributed by atoms with Crippen LogP contribution in [0.2, 0.25) is 0 Å². The molecule has 0 aromatic heterocycles. The van der Waals surface area contributed by atoms with Crippen molar-refractivity contribution in [3.05, 3.63) is 40.1 Å². The van der Waals surface area contributed by atoms with Crippen LogP contribution in [0.25, 0.3) is 0 Å². The number of carbonyl (C=O) groups excluding carboxylic acids is 1. The van der Waals surface area contributed by atoms with Crippen molar-refractivity contribution in [3.63, 3.8) is 0 Å². The number of rotatable bonds is 7. The zero-order valence-electron chi connectivity index (χ0n) is 11.2. The Morgan fingerprint density at radius 1 is 1.16 bits per heavy atom. The second kappa shape index (κ2) is 9.07. The topological polar surface area (TPSA) is 49.3 Å². The Bertz CT molecular complexity index is 424. The molecule has 1 amide bonds. The lowest BCUT2D eigenvalue weighted by Gasteiger charge is -2.12. The van der Waals surface area contributed by atoms with Crippen molar-refractivity contribution in [2.24, 2.45) is 0 Å². The van der Waals surface area contributed by atoms with E-state index in [2.05, 4.69) is 5.32 Å². The molecule has 3 nitrogen and oxygen atoms in total. The molecular formula is C14H19NO2S2. The summed E-state index contributed by atoms with van der Waals surface area (Å²) >= 11 is 3.19. The van der Waals surface area contributed by atoms with Gasteiger partial charge in [0.15, 0.2) is 0 Å². The summed E-state index contributed by atoms with van der Waals surface area (Å²) in [5, 5.41) is 12.3. The molecule has 1 aromatic rings. The van der Waals surface area contributed by atoms with Crippen molar-refractivity contribution in [2.45, 2.75) is 13.8 Å². The number of amides is 1. The first-order valence-corrected chi connectivity index (χ1v) is 8.16. The van der Waals surface area contributed by atoms with E-state index in [0.29, 0.717) is 5.57 Å². The Labute approximate surface area is 122 Å². The second-order valence-electron chi connectivity index (χ2n) is 3.61. The van der Waals surface area contributed by atoms with Gasteiger partial charge >= 0.3 is 0 Å². The molecule has 19 heavy (non-hydrogen) atoms. The Kier molecular flexibility index (Phi) is 7.70. The maximum absolute atomic E-state index is 12.2. The zero-order valence-corrected chi connectivity index (χ0v) is 12.8. The van der Waals surface area contributed by atoms with Gasteiger partial charge in [0.2, 0.25) is 0 Å². The van der Waals surface area contributed by atoms with Crippen molar-refractivity contribution < 1.29 is 9.90 Å². The number of anilines is 1. The summed E-state index contributed by atoms with van der Waals surface area (Å²) in [7, 11) is 0. The lowest BCUT2D eigenvalue weighted by molar-refractivity contribution is -0.113. The average Bonchev–Trinajstić information content (AvgIpc) is 2.41. The Balaban J connectivity index is 2.87. The number of thioether (sulfide) groups is 2. The predicted octanol–water partition coefficient (Wildman–Crippen LogP) is 3.34. The molecule has 0 radical (unpaired) electrons. The van der Waals surface area contributed by atoms with Gasteiger partial charge in [-0.2, -0.15) is 0 Å². The number of carbonyl (C=O) groups is 1. The molecule has 0 spiro atoms. The van der Waals surface area contributed by atoms with Crippen LogP contribution in [0.1, 0.15) is 13.8 Å². The summed E-state index contributed by atoms with van der Waals surface area (Å²) in [6, 6.07) is 9.27. The third-order valence-corrected chi connectivity index (χ3v) is 4.56. The highest BCUT2D eigenvalue weighted by molar-refractivity contribution is 8.22. The van der Waals surface area contributed by atoms with Crippen molar-refractivity contribution in [1.82, 2.24) is 0 Å². The Morgan fingerprint density at radius 2 is 1.74 bits per heavy atom. The fourth-order valence-corrected chi connectivity index (χ4v) is 3.66. The molecule has 104 valence electrons. The highest BCUT2D eigenvalue weighted by atomic mass is 32.2. The first-order chi connectivity index (χ1) is 9.22. The summed E-state index contributed by atoms with van der Waals surface area (Å²) in [5.41, 5.74) is 1.18. The number of hydrogen-bond acceptors (Lipinski definition) is 4. The van der Waals surface area contributed by atoms with Gasteiger partial charge in [0.25, 0.3) is 5.91 Å². The summed E-state index contributed by atoms with van der Waals surface area (Å²) in [6.07, 6.45) is 0. The van der Waals surface area contributed by atoms with Crippen molar-refractivity contribution >= 4 is 35.1 Å². The predicted molar refractivity (Wildman–Crippen MR) is 85.4 cm³/mol. The van der Waals surface area contributed by atoms with E-state index in [-0.39, 0.29) is 12.5 Å². The van der Waals surface area contributed by atoms with Crippen molar-refractivity contribution in [3.8, 4) is 0 Å². The van der Waals surface area contributed by atoms with Crippen LogP contribution >= 0.6 is 23.5 Å². The summed E-state index contributed by atoms with van der Waals surface area (Å²) < 4.78 is 0.904. The molecular weight excluding hydrogens is 278 g/mol. The van der Waals surface area contributed by atoms with Crippen LogP contribution in [0.3, 0.4) is 0 Å². The van der Waals surface area contributed by atoms with E-state index in [4.69, 9.17) is 0 Å². The number of nitrogens with one attached hydrogen (secondary N) is 1. The van der Waals surface area contributed by atoms with E-state index in [1.165, 1.54) is 0 Å². The summed E-state index contributed by atoms with van der Waals surface area (Å²) in [6.45, 7) is 3.82. The van der Waals surface area contributed by atoms with Crippen LogP contribution in [-0.4, -0.2) is 29.1 Å². The van der Waals surface area contributed by atoms with Crippen LogP contribution in [0.5, 0.6) is 0 Å². The molecule has 2 N–H and O–H groups in total. The van der Waals surface area contributed by atoms with Crippen LogP contribution in [0, 0.1) is 0 Å². The van der Waals surface area contributed by atoms with Crippen LogP contribution in [0.4, 0.5) is 5.69 Å². The number of para-hydroxylation sites is 1. The fourth-order valence-electron chi connectivity index (χ4n) is 1.44. The normalized spacial score (nSPS) is 10.1. The maximum Gasteiger partial charge on any atom is 0.255 e. The minimum absolute atomic E-state index is 0.231. The summed E-state index contributed by atoms with van der Waals surface area (Å²) in [4.78, 5) is 12.2. The molecule has 0 heterocycles. The minimum Gasteiger partial charge on any atom is -0.391 e. The first kappa shape index (κ1) is 16.1. The standard InChI is InChI=1S/C14H19NO2S2/c1-3-18-14(19-4-2)12(10-16)13(17)15-11-8-6-5-7-9-11/h5-9,16H,3-4,10H2,1-2H3,(H,15,17). The van der Waals surface area contributed by atoms with Crippen LogP contribution < -0.4 is 5.32 Å². The molecule has 0 saturated carbocycles. The lowest BCUT2D eigenvalue weighted by Crippen LogP contribution is -2.18. The third kappa shape index (κ3) is 5.30. The highest BCUT2D eigenvalue weighted by Gasteiger charge is 2.15. The fraction of sp³-hybridized carbons (Fsp3) is 0.357. The van der Waals surface area contributed by atoms with Crippen molar-refractivity contribution in [1.29, 1.82) is 0 Å². The number of aliphatic hydroxyl groups is 1. The molecule has 1 aromatic carbocycles. The highest BCUT2D eigenvalue weighted by Crippen LogP contribution is 2.31. The van der Waals surface area contributed by atoms with E-state index in [1.807, 2.05) is 44.2 Å². The molecule has 0 bridgehead atoms. The number of hydrogen-bond donors (Lipinski definition) is 2. The van der Waals surface area contributed by atoms with E-state index >= 15 is 0 Å². The van der Waals surface area contributed by atoms with E-state index in [1.54, 1.807) is 23.5 Å². The number of aliphatic hydroxyl groups excluding tert-OH is 1. The quantitative estimate of drug-likeness (QED) is 0.758. The van der Waals surface area contributed by atoms with E-state index < -0.39 is 0 Å². The molecule has 0 aliphatic heterocycles. The lowest BCUT2D eigenvalue weighted by atomic mass is 10.2. The molecule has 5 heteroatoms. The molecule has 0 unspecified atom stereocenters.